The molecule has 0 aliphatic carbocycles. The van der Waals surface area contributed by atoms with Gasteiger partial charge in [0.15, 0.2) is 0 Å². The van der Waals surface area contributed by atoms with E-state index in [9.17, 15) is 4.79 Å². The van der Waals surface area contributed by atoms with Crippen LogP contribution in [0.4, 0.5) is 0 Å². The Morgan fingerprint density at radius 2 is 1.85 bits per heavy atom. The molecule has 1 N–H and O–H groups in total. The number of aromatic nitrogens is 1. The van der Waals surface area contributed by atoms with E-state index < -0.39 is 0 Å². The van der Waals surface area contributed by atoms with Crippen LogP contribution in [0.3, 0.4) is 0 Å². The smallest absolute Gasteiger partial charge is 0.225 e. The molecule has 2 aromatic carbocycles. The van der Waals surface area contributed by atoms with Gasteiger partial charge in [0.25, 0.3) is 0 Å². The molecule has 4 heterocycles. The number of carbonyl (C=O) groups excluding carboxylic acids is 1. The maximum Gasteiger partial charge on any atom is 0.225 e. The number of aromatic amines is 1. The minimum atomic E-state index is -0.145. The predicted octanol–water partition coefficient (Wildman–Crippen LogP) is 6.16. The SMILES string of the molecule is CC[C@@H]1[C@H]2OC[C@@H](c3ccccc3)N2C(=O)C[C@@H]1C1(c2cc3ccccc3[nH]2)SCCCS1. The Labute approximate surface area is 203 Å². The van der Waals surface area contributed by atoms with Gasteiger partial charge >= 0.3 is 0 Å². The Bertz CT molecular complexity index is 1110. The topological polar surface area (TPSA) is 45.3 Å². The third-order valence-corrected chi connectivity index (χ3v) is 11.2. The van der Waals surface area contributed by atoms with E-state index in [0.717, 1.165) is 17.9 Å². The number of para-hydroxylation sites is 1. The van der Waals surface area contributed by atoms with Gasteiger partial charge in [0.1, 0.15) is 10.3 Å². The lowest BCUT2D eigenvalue weighted by atomic mass is 9.78. The van der Waals surface area contributed by atoms with Crippen molar-refractivity contribution in [3.05, 3.63) is 71.9 Å². The lowest BCUT2D eigenvalue weighted by Gasteiger charge is -2.50. The van der Waals surface area contributed by atoms with Crippen LogP contribution >= 0.6 is 23.5 Å². The van der Waals surface area contributed by atoms with Crippen LogP contribution < -0.4 is 0 Å². The van der Waals surface area contributed by atoms with E-state index in [1.54, 1.807) is 0 Å². The van der Waals surface area contributed by atoms with Gasteiger partial charge in [-0.15, -0.1) is 23.5 Å². The van der Waals surface area contributed by atoms with Crippen molar-refractivity contribution >= 4 is 40.3 Å². The van der Waals surface area contributed by atoms with Crippen LogP contribution in [-0.2, 0) is 13.6 Å². The van der Waals surface area contributed by atoms with Crippen molar-refractivity contribution in [2.75, 3.05) is 18.1 Å². The average molecular weight is 479 g/mol. The first-order valence-electron chi connectivity index (χ1n) is 12.0. The molecule has 3 fully saturated rings. The number of hydrogen-bond donors (Lipinski definition) is 1. The molecule has 1 aromatic heterocycles. The van der Waals surface area contributed by atoms with E-state index in [2.05, 4.69) is 71.4 Å². The summed E-state index contributed by atoms with van der Waals surface area (Å²) >= 11 is 4.09. The maximum atomic E-state index is 13.7. The number of H-pyrrole nitrogens is 1. The molecule has 4 atom stereocenters. The van der Waals surface area contributed by atoms with E-state index in [1.807, 2.05) is 29.6 Å². The molecule has 0 saturated carbocycles. The molecular formula is C27H30N2O2S2. The highest BCUT2D eigenvalue weighted by atomic mass is 32.2. The van der Waals surface area contributed by atoms with Gasteiger partial charge in [-0.05, 0) is 47.4 Å². The van der Waals surface area contributed by atoms with Gasteiger partial charge in [0, 0.05) is 29.5 Å². The van der Waals surface area contributed by atoms with E-state index in [4.69, 9.17) is 4.74 Å². The zero-order chi connectivity index (χ0) is 22.4. The minimum absolute atomic E-state index is 0.0226. The molecule has 1 amide bonds. The monoisotopic (exact) mass is 478 g/mol. The zero-order valence-corrected chi connectivity index (χ0v) is 20.5. The number of rotatable bonds is 4. The summed E-state index contributed by atoms with van der Waals surface area (Å²) in [5.74, 6) is 3.04. The standard InChI is InChI=1S/C27H30N2O2S2/c1-2-20-21(16-25(30)29-23(17-31-26(20)29)18-9-4-3-5-10-18)27(32-13-8-14-33-27)24-15-19-11-6-7-12-22(19)28-24/h3-7,9-12,15,20-21,23,26,28H,2,8,13-14,16-17H2,1H3/t20-,21-,23-,26+/m0/s1. The molecule has 3 saturated heterocycles. The van der Waals surface area contributed by atoms with Gasteiger partial charge in [0.05, 0.1) is 12.6 Å². The highest BCUT2D eigenvalue weighted by molar-refractivity contribution is 8.18. The third kappa shape index (κ3) is 3.53. The first kappa shape index (κ1) is 21.6. The second-order valence-electron chi connectivity index (χ2n) is 9.32. The Morgan fingerprint density at radius 1 is 1.09 bits per heavy atom. The summed E-state index contributed by atoms with van der Waals surface area (Å²) in [6, 6.07) is 21.2. The summed E-state index contributed by atoms with van der Waals surface area (Å²) < 4.78 is 6.29. The fourth-order valence-corrected chi connectivity index (χ4v) is 9.71. The number of hydrogen-bond acceptors (Lipinski definition) is 4. The highest BCUT2D eigenvalue weighted by Crippen LogP contribution is 2.61. The van der Waals surface area contributed by atoms with E-state index in [0.29, 0.717) is 18.9 Å². The number of benzene rings is 2. The van der Waals surface area contributed by atoms with Crippen molar-refractivity contribution in [1.82, 2.24) is 9.88 Å². The first-order chi connectivity index (χ1) is 16.2. The van der Waals surface area contributed by atoms with Crippen molar-refractivity contribution in [3.8, 4) is 0 Å². The minimum Gasteiger partial charge on any atom is -0.357 e. The van der Waals surface area contributed by atoms with Crippen LogP contribution in [0.5, 0.6) is 0 Å². The first-order valence-corrected chi connectivity index (χ1v) is 14.0. The molecule has 6 rings (SSSR count). The quantitative estimate of drug-likeness (QED) is 0.488. The molecule has 172 valence electrons. The molecule has 4 nitrogen and oxygen atoms in total. The zero-order valence-electron chi connectivity index (χ0n) is 18.9. The number of carbonyl (C=O) groups is 1. The molecule has 0 spiro atoms. The largest absolute Gasteiger partial charge is 0.357 e. The Morgan fingerprint density at radius 3 is 2.61 bits per heavy atom. The fourth-order valence-electron chi connectivity index (χ4n) is 6.03. The lowest BCUT2D eigenvalue weighted by molar-refractivity contribution is -0.153. The lowest BCUT2D eigenvalue weighted by Crippen LogP contribution is -2.54. The summed E-state index contributed by atoms with van der Waals surface area (Å²) in [5.41, 5.74) is 3.62. The Hall–Kier alpha value is -1.89. The third-order valence-electron chi connectivity index (χ3n) is 7.57. The molecule has 0 bridgehead atoms. The van der Waals surface area contributed by atoms with E-state index in [-0.39, 0.29) is 28.2 Å². The number of ether oxygens (including phenoxy) is 1. The second kappa shape index (κ2) is 8.71. The summed E-state index contributed by atoms with van der Waals surface area (Å²) in [6.07, 6.45) is 2.66. The molecule has 3 aromatic rings. The molecule has 3 aliphatic heterocycles. The van der Waals surface area contributed by atoms with Gasteiger partial charge < -0.3 is 14.6 Å². The van der Waals surface area contributed by atoms with Gasteiger partial charge in [-0.25, -0.2) is 0 Å². The number of fused-ring (bicyclic) bond motifs is 2. The number of nitrogens with zero attached hydrogens (tertiary/aromatic N) is 1. The van der Waals surface area contributed by atoms with Crippen LogP contribution in [-0.4, -0.2) is 40.1 Å². The summed E-state index contributed by atoms with van der Waals surface area (Å²) in [6.45, 7) is 2.85. The molecule has 6 heteroatoms. The molecule has 3 aliphatic rings. The van der Waals surface area contributed by atoms with E-state index >= 15 is 0 Å². The number of thioether (sulfide) groups is 2. The second-order valence-corrected chi connectivity index (χ2v) is 12.3. The Balaban J connectivity index is 1.39. The Kier molecular flexibility index (Phi) is 5.71. The van der Waals surface area contributed by atoms with Crippen molar-refractivity contribution < 1.29 is 9.53 Å². The molecular weight excluding hydrogens is 448 g/mol. The average Bonchev–Trinajstić information content (AvgIpc) is 3.51. The fraction of sp³-hybridized carbons (Fsp3) is 0.444. The van der Waals surface area contributed by atoms with Crippen molar-refractivity contribution in [3.63, 3.8) is 0 Å². The number of nitrogens with one attached hydrogen (secondary N) is 1. The van der Waals surface area contributed by atoms with Crippen LogP contribution in [0.1, 0.15) is 43.5 Å². The van der Waals surface area contributed by atoms with Crippen LogP contribution in [0.2, 0.25) is 0 Å². The predicted molar refractivity (Wildman–Crippen MR) is 137 cm³/mol. The number of amides is 1. The van der Waals surface area contributed by atoms with Gasteiger partial charge in [0.2, 0.25) is 5.91 Å². The van der Waals surface area contributed by atoms with Crippen LogP contribution in [0.25, 0.3) is 10.9 Å². The van der Waals surface area contributed by atoms with Gasteiger partial charge in [-0.3, -0.25) is 4.79 Å². The summed E-state index contributed by atoms with van der Waals surface area (Å²) in [7, 11) is 0. The number of piperidine rings is 1. The maximum absolute atomic E-state index is 13.7. The summed E-state index contributed by atoms with van der Waals surface area (Å²) in [4.78, 5) is 19.6. The molecule has 0 radical (unpaired) electrons. The summed E-state index contributed by atoms with van der Waals surface area (Å²) in [5, 5.41) is 1.25. The van der Waals surface area contributed by atoms with E-state index in [1.165, 1.54) is 28.6 Å². The van der Waals surface area contributed by atoms with Crippen LogP contribution in [0, 0.1) is 11.8 Å². The highest BCUT2D eigenvalue weighted by Gasteiger charge is 2.57. The van der Waals surface area contributed by atoms with Crippen LogP contribution in [0.15, 0.2) is 60.7 Å². The molecule has 0 unspecified atom stereocenters. The van der Waals surface area contributed by atoms with Gasteiger partial charge in [-0.2, -0.15) is 0 Å². The van der Waals surface area contributed by atoms with Crippen molar-refractivity contribution in [1.29, 1.82) is 0 Å². The molecule has 33 heavy (non-hydrogen) atoms. The van der Waals surface area contributed by atoms with Crippen molar-refractivity contribution in [2.24, 2.45) is 11.8 Å². The normalized spacial score (nSPS) is 29.4. The van der Waals surface area contributed by atoms with Gasteiger partial charge in [-0.1, -0.05) is 55.5 Å². The van der Waals surface area contributed by atoms with Crippen molar-refractivity contribution in [2.45, 2.75) is 42.5 Å².